The molecule has 0 aromatic carbocycles. The Morgan fingerprint density at radius 2 is 1.40 bits per heavy atom. The lowest BCUT2D eigenvalue weighted by molar-refractivity contribution is 1.05. The first-order valence-corrected chi connectivity index (χ1v) is 2.00. The molecule has 29 valence electrons. The Bertz CT molecular complexity index is 36.9. The smallest absolute Gasteiger partial charge is 0.0388 e. The van der Waals surface area contributed by atoms with Gasteiger partial charge >= 0.3 is 0 Å². The highest BCUT2D eigenvalue weighted by molar-refractivity contribution is 4.88. The van der Waals surface area contributed by atoms with Crippen molar-refractivity contribution in [1.82, 2.24) is 5.32 Å². The summed E-state index contributed by atoms with van der Waals surface area (Å²) < 4.78 is 0. The number of nitrogens with zero attached hydrogens (tertiary/aromatic N) is 1. The monoisotopic (exact) mass is 70.1 g/mol. The molecule has 1 saturated heterocycles. The van der Waals surface area contributed by atoms with Gasteiger partial charge in [0.2, 0.25) is 0 Å². The van der Waals surface area contributed by atoms with Gasteiger partial charge in [-0.05, 0) is 13.8 Å². The average Bonchev–Trinajstić information content (AvgIpc) is 1.79. The summed E-state index contributed by atoms with van der Waals surface area (Å²) in [6, 6.07) is 1.35. The van der Waals surface area contributed by atoms with Crippen LogP contribution in [-0.2, 0) is 0 Å². The topological polar surface area (TPSA) is 14.1 Å². The van der Waals surface area contributed by atoms with Crippen LogP contribution in [0.5, 0.6) is 0 Å². The zero-order valence-corrected chi connectivity index (χ0v) is 3.60. The van der Waals surface area contributed by atoms with Crippen LogP contribution < -0.4 is 5.32 Å². The number of hydrogen-bond donors (Lipinski definition) is 0. The Morgan fingerprint density at radius 1 is 1.20 bits per heavy atom. The van der Waals surface area contributed by atoms with Gasteiger partial charge in [0.25, 0.3) is 0 Å². The van der Waals surface area contributed by atoms with E-state index >= 15 is 0 Å². The fraction of sp³-hybridized carbons (Fsp3) is 1.00. The van der Waals surface area contributed by atoms with Crippen molar-refractivity contribution in [1.29, 1.82) is 0 Å². The van der Waals surface area contributed by atoms with E-state index in [1.54, 1.807) is 0 Å². The van der Waals surface area contributed by atoms with Crippen LogP contribution in [0, 0.1) is 0 Å². The molecule has 5 heavy (non-hydrogen) atoms. The van der Waals surface area contributed by atoms with Gasteiger partial charge in [-0.2, -0.15) is 0 Å². The first kappa shape index (κ1) is 3.16. The molecule has 0 aliphatic carbocycles. The van der Waals surface area contributed by atoms with Crippen molar-refractivity contribution in [3.63, 3.8) is 0 Å². The molecule has 1 nitrogen and oxygen atoms in total. The minimum atomic E-state index is 0.676. The SMILES string of the molecule is CC1[N]C1C. The van der Waals surface area contributed by atoms with Crippen molar-refractivity contribution in [3.8, 4) is 0 Å². The molecule has 0 amide bonds. The Kier molecular flexibility index (Phi) is 0.453. The molecule has 1 heteroatoms. The molecule has 2 atom stereocenters. The average molecular weight is 70.1 g/mol. The highest BCUT2D eigenvalue weighted by Gasteiger charge is 2.27. The number of rotatable bonds is 0. The molecule has 0 spiro atoms. The fourth-order valence-corrected chi connectivity index (χ4v) is 0.321. The van der Waals surface area contributed by atoms with Crippen LogP contribution >= 0.6 is 0 Å². The maximum atomic E-state index is 4.06. The van der Waals surface area contributed by atoms with Crippen molar-refractivity contribution in [3.05, 3.63) is 0 Å². The van der Waals surface area contributed by atoms with Crippen LogP contribution in [-0.4, -0.2) is 12.1 Å². The van der Waals surface area contributed by atoms with Gasteiger partial charge in [0.05, 0.1) is 0 Å². The first-order chi connectivity index (χ1) is 2.30. The molecule has 1 aliphatic rings. The lowest BCUT2D eigenvalue weighted by Gasteiger charge is -1.60. The predicted octanol–water partition coefficient (Wildman–Crippen LogP) is 0.381. The van der Waals surface area contributed by atoms with E-state index in [4.69, 9.17) is 0 Å². The van der Waals surface area contributed by atoms with E-state index in [1.165, 1.54) is 0 Å². The molecule has 1 radical (unpaired) electrons. The maximum Gasteiger partial charge on any atom is 0.0388 e. The molecule has 2 unspecified atom stereocenters. The second-order valence-electron chi connectivity index (χ2n) is 1.63. The van der Waals surface area contributed by atoms with Crippen molar-refractivity contribution in [2.45, 2.75) is 25.9 Å². The molecule has 1 heterocycles. The van der Waals surface area contributed by atoms with E-state index in [0.29, 0.717) is 12.1 Å². The molecule has 0 bridgehead atoms. The van der Waals surface area contributed by atoms with E-state index in [-0.39, 0.29) is 0 Å². The third-order valence-corrected chi connectivity index (χ3v) is 1.08. The van der Waals surface area contributed by atoms with E-state index in [2.05, 4.69) is 19.2 Å². The second kappa shape index (κ2) is 0.716. The van der Waals surface area contributed by atoms with Crippen molar-refractivity contribution in [2.75, 3.05) is 0 Å². The van der Waals surface area contributed by atoms with Crippen LogP contribution in [0.1, 0.15) is 13.8 Å². The van der Waals surface area contributed by atoms with Crippen molar-refractivity contribution >= 4 is 0 Å². The Morgan fingerprint density at radius 3 is 1.40 bits per heavy atom. The standard InChI is InChI=1S/C4H8N/c1-3-4(2)5-3/h3-4H,1-2H3. The summed E-state index contributed by atoms with van der Waals surface area (Å²) in [5, 5.41) is 4.06. The second-order valence-corrected chi connectivity index (χ2v) is 1.63. The molecular formula is C4H8N. The van der Waals surface area contributed by atoms with Gasteiger partial charge in [0.15, 0.2) is 0 Å². The minimum Gasteiger partial charge on any atom is -0.232 e. The van der Waals surface area contributed by atoms with Gasteiger partial charge < -0.3 is 0 Å². The molecule has 1 fully saturated rings. The van der Waals surface area contributed by atoms with Crippen LogP contribution in [0.2, 0.25) is 0 Å². The maximum absolute atomic E-state index is 4.06. The van der Waals surface area contributed by atoms with E-state index in [1.807, 2.05) is 0 Å². The van der Waals surface area contributed by atoms with E-state index < -0.39 is 0 Å². The molecule has 0 aromatic heterocycles. The Balaban J connectivity index is 2.20. The number of hydrogen-bond acceptors (Lipinski definition) is 0. The summed E-state index contributed by atoms with van der Waals surface area (Å²) in [6.45, 7) is 4.26. The van der Waals surface area contributed by atoms with Crippen LogP contribution in [0.25, 0.3) is 0 Å². The normalized spacial score (nSPS) is 49.2. The third-order valence-electron chi connectivity index (χ3n) is 1.08. The summed E-state index contributed by atoms with van der Waals surface area (Å²) in [4.78, 5) is 0. The lowest BCUT2D eigenvalue weighted by Crippen LogP contribution is -1.74. The molecule has 0 N–H and O–H groups in total. The largest absolute Gasteiger partial charge is 0.232 e. The van der Waals surface area contributed by atoms with Gasteiger partial charge in [-0.3, -0.25) is 0 Å². The Labute approximate surface area is 32.4 Å². The van der Waals surface area contributed by atoms with Crippen LogP contribution in [0.3, 0.4) is 0 Å². The first-order valence-electron chi connectivity index (χ1n) is 2.00. The van der Waals surface area contributed by atoms with Crippen molar-refractivity contribution < 1.29 is 0 Å². The molecule has 1 rings (SSSR count). The summed E-state index contributed by atoms with van der Waals surface area (Å²) in [5.74, 6) is 0. The summed E-state index contributed by atoms with van der Waals surface area (Å²) in [5.41, 5.74) is 0. The summed E-state index contributed by atoms with van der Waals surface area (Å²) in [6.07, 6.45) is 0. The highest BCUT2D eigenvalue weighted by atomic mass is 15.1. The minimum absolute atomic E-state index is 0.676. The zero-order chi connectivity index (χ0) is 3.86. The third kappa shape index (κ3) is 0.428. The van der Waals surface area contributed by atoms with E-state index in [9.17, 15) is 0 Å². The van der Waals surface area contributed by atoms with Gasteiger partial charge in [-0.1, -0.05) is 0 Å². The molecule has 0 saturated carbocycles. The summed E-state index contributed by atoms with van der Waals surface area (Å²) >= 11 is 0. The summed E-state index contributed by atoms with van der Waals surface area (Å²) in [7, 11) is 0. The van der Waals surface area contributed by atoms with Crippen molar-refractivity contribution in [2.24, 2.45) is 0 Å². The van der Waals surface area contributed by atoms with E-state index in [0.717, 1.165) is 0 Å². The Hall–Kier alpha value is -0.0400. The lowest BCUT2D eigenvalue weighted by atomic mass is 10.4. The predicted molar refractivity (Wildman–Crippen MR) is 21.1 cm³/mol. The van der Waals surface area contributed by atoms with Gasteiger partial charge in [0.1, 0.15) is 0 Å². The van der Waals surface area contributed by atoms with Gasteiger partial charge in [0, 0.05) is 12.1 Å². The fourth-order valence-electron chi connectivity index (χ4n) is 0.321. The highest BCUT2D eigenvalue weighted by Crippen LogP contribution is 2.09. The quantitative estimate of drug-likeness (QED) is 0.366. The molecule has 1 aliphatic heterocycles. The van der Waals surface area contributed by atoms with Crippen LogP contribution in [0.15, 0.2) is 0 Å². The van der Waals surface area contributed by atoms with Crippen LogP contribution in [0.4, 0.5) is 0 Å². The molecular weight excluding hydrogens is 62.1 g/mol. The van der Waals surface area contributed by atoms with Gasteiger partial charge in [-0.25, -0.2) is 5.32 Å². The van der Waals surface area contributed by atoms with Gasteiger partial charge in [-0.15, -0.1) is 0 Å². The zero-order valence-electron chi connectivity index (χ0n) is 3.60. The molecule has 0 aromatic rings.